The summed E-state index contributed by atoms with van der Waals surface area (Å²) in [5, 5.41) is 3.87. The number of likely N-dealkylation sites (tertiary alicyclic amines) is 1. The third-order valence-electron chi connectivity index (χ3n) is 4.56. The van der Waals surface area contributed by atoms with Crippen molar-refractivity contribution in [3.8, 4) is 0 Å². The highest BCUT2D eigenvalue weighted by Crippen LogP contribution is 2.33. The second-order valence-electron chi connectivity index (χ2n) is 6.18. The number of hydrogen-bond acceptors (Lipinski definition) is 5. The summed E-state index contributed by atoms with van der Waals surface area (Å²) in [5.74, 6) is 1.67. The van der Waals surface area contributed by atoms with Crippen LogP contribution in [0.1, 0.15) is 57.0 Å². The third-order valence-corrected chi connectivity index (χ3v) is 5.78. The molecule has 0 bridgehead atoms. The maximum Gasteiger partial charge on any atom is 0.263 e. The van der Waals surface area contributed by atoms with Crippen molar-refractivity contribution in [2.75, 3.05) is 13.1 Å². The van der Waals surface area contributed by atoms with E-state index < -0.39 is 0 Å². The van der Waals surface area contributed by atoms with Gasteiger partial charge in [-0.25, -0.2) is 0 Å². The Morgan fingerprint density at radius 3 is 3.09 bits per heavy atom. The molecule has 0 unspecified atom stereocenters. The van der Waals surface area contributed by atoms with Crippen LogP contribution in [-0.2, 0) is 12.8 Å². The minimum Gasteiger partial charge on any atom is -0.339 e. The van der Waals surface area contributed by atoms with Crippen molar-refractivity contribution in [1.82, 2.24) is 15.0 Å². The van der Waals surface area contributed by atoms with Gasteiger partial charge < -0.3 is 9.42 Å². The molecule has 22 heavy (non-hydrogen) atoms. The quantitative estimate of drug-likeness (QED) is 0.854. The van der Waals surface area contributed by atoms with Crippen molar-refractivity contribution >= 4 is 17.2 Å². The molecule has 6 heteroatoms. The van der Waals surface area contributed by atoms with Crippen LogP contribution in [0.25, 0.3) is 0 Å². The summed E-state index contributed by atoms with van der Waals surface area (Å²) in [5.41, 5.74) is 1.38. The average Bonchev–Trinajstić information content (AvgIpc) is 3.21. The zero-order valence-electron chi connectivity index (χ0n) is 12.7. The molecule has 1 atom stereocenters. The van der Waals surface area contributed by atoms with Gasteiger partial charge in [0.1, 0.15) is 0 Å². The van der Waals surface area contributed by atoms with E-state index in [1.807, 2.05) is 11.8 Å². The van der Waals surface area contributed by atoms with Crippen molar-refractivity contribution < 1.29 is 9.32 Å². The number of piperidine rings is 1. The van der Waals surface area contributed by atoms with Crippen molar-refractivity contribution in [2.45, 2.75) is 44.9 Å². The molecule has 0 N–H and O–H groups in total. The van der Waals surface area contributed by atoms with Gasteiger partial charge in [0.15, 0.2) is 5.82 Å². The molecule has 2 aromatic heterocycles. The fourth-order valence-electron chi connectivity index (χ4n) is 3.43. The predicted octanol–water partition coefficient (Wildman–Crippen LogP) is 2.95. The van der Waals surface area contributed by atoms with Gasteiger partial charge in [-0.2, -0.15) is 4.98 Å². The molecule has 0 saturated carbocycles. The van der Waals surface area contributed by atoms with Crippen LogP contribution in [0.4, 0.5) is 0 Å². The second kappa shape index (κ2) is 5.50. The van der Waals surface area contributed by atoms with Crippen LogP contribution in [0.2, 0.25) is 0 Å². The normalized spacial score (nSPS) is 21.1. The lowest BCUT2D eigenvalue weighted by atomic mass is 9.98. The molecule has 3 heterocycles. The number of amides is 1. The zero-order valence-corrected chi connectivity index (χ0v) is 13.5. The average molecular weight is 317 g/mol. The van der Waals surface area contributed by atoms with Gasteiger partial charge >= 0.3 is 0 Å². The summed E-state index contributed by atoms with van der Waals surface area (Å²) >= 11 is 1.68. The first kappa shape index (κ1) is 13.9. The summed E-state index contributed by atoms with van der Waals surface area (Å²) in [6.45, 7) is 3.33. The first-order chi connectivity index (χ1) is 10.7. The lowest BCUT2D eigenvalue weighted by molar-refractivity contribution is 0.0700. The van der Waals surface area contributed by atoms with Gasteiger partial charge in [-0.1, -0.05) is 5.16 Å². The van der Waals surface area contributed by atoms with Crippen molar-refractivity contribution in [3.05, 3.63) is 33.1 Å². The monoisotopic (exact) mass is 317 g/mol. The first-order valence-electron chi connectivity index (χ1n) is 7.92. The molecule has 5 nitrogen and oxygen atoms in total. The van der Waals surface area contributed by atoms with Gasteiger partial charge in [-0.3, -0.25) is 4.79 Å². The van der Waals surface area contributed by atoms with E-state index in [1.54, 1.807) is 11.3 Å². The van der Waals surface area contributed by atoms with Crippen molar-refractivity contribution in [2.24, 2.45) is 0 Å². The van der Waals surface area contributed by atoms with E-state index in [2.05, 4.69) is 16.2 Å². The molecule has 1 aliphatic heterocycles. The number of carbonyl (C=O) groups excluding carboxylic acids is 1. The van der Waals surface area contributed by atoms with Crippen LogP contribution in [0.3, 0.4) is 0 Å². The summed E-state index contributed by atoms with van der Waals surface area (Å²) in [4.78, 5) is 21.3. The smallest absolute Gasteiger partial charge is 0.263 e. The number of aryl methyl sites for hydroxylation is 3. The number of hydrogen-bond donors (Lipinski definition) is 0. The van der Waals surface area contributed by atoms with Crippen LogP contribution in [0.5, 0.6) is 0 Å². The van der Waals surface area contributed by atoms with E-state index in [4.69, 9.17) is 4.52 Å². The molecule has 1 amide bonds. The third kappa shape index (κ3) is 2.45. The lowest BCUT2D eigenvalue weighted by Crippen LogP contribution is -2.38. The maximum absolute atomic E-state index is 12.8. The van der Waals surface area contributed by atoms with Gasteiger partial charge in [0.2, 0.25) is 5.89 Å². The Hall–Kier alpha value is -1.69. The first-order valence-corrected chi connectivity index (χ1v) is 8.73. The summed E-state index contributed by atoms with van der Waals surface area (Å²) in [6, 6.07) is 2.11. The standard InChI is InChI=1S/C16H19N3O2S/c1-10-17-15(21-18-10)12-5-3-7-19(9-12)16(20)14-8-11-4-2-6-13(11)22-14/h8,12H,2-7,9H2,1H3/t12-/m1/s1. The molecule has 4 rings (SSSR count). The Morgan fingerprint density at radius 1 is 1.41 bits per heavy atom. The molecular weight excluding hydrogens is 298 g/mol. The topological polar surface area (TPSA) is 59.2 Å². The summed E-state index contributed by atoms with van der Waals surface area (Å²) < 4.78 is 5.29. The highest BCUT2D eigenvalue weighted by atomic mass is 32.1. The number of aromatic nitrogens is 2. The van der Waals surface area contributed by atoms with E-state index in [0.29, 0.717) is 18.3 Å². The fraction of sp³-hybridized carbons (Fsp3) is 0.562. The van der Waals surface area contributed by atoms with Crippen molar-refractivity contribution in [3.63, 3.8) is 0 Å². The molecule has 2 aliphatic rings. The van der Waals surface area contributed by atoms with Crippen LogP contribution < -0.4 is 0 Å². The molecular formula is C16H19N3O2S. The molecule has 1 fully saturated rings. The second-order valence-corrected chi connectivity index (χ2v) is 7.32. The molecule has 0 aromatic carbocycles. The van der Waals surface area contributed by atoms with E-state index in [1.165, 1.54) is 16.9 Å². The van der Waals surface area contributed by atoms with Gasteiger partial charge in [0.25, 0.3) is 5.91 Å². The molecule has 1 saturated heterocycles. The van der Waals surface area contributed by atoms with E-state index in [9.17, 15) is 4.79 Å². The Bertz CT molecular complexity index is 685. The van der Waals surface area contributed by atoms with Gasteiger partial charge in [-0.15, -0.1) is 11.3 Å². The van der Waals surface area contributed by atoms with Crippen LogP contribution in [-0.4, -0.2) is 34.0 Å². The predicted molar refractivity (Wildman–Crippen MR) is 83.3 cm³/mol. The minimum atomic E-state index is 0.167. The number of thiophene rings is 1. The zero-order chi connectivity index (χ0) is 15.1. The largest absolute Gasteiger partial charge is 0.339 e. The summed E-state index contributed by atoms with van der Waals surface area (Å²) in [7, 11) is 0. The summed E-state index contributed by atoms with van der Waals surface area (Å²) in [6.07, 6.45) is 5.49. The van der Waals surface area contributed by atoms with Gasteiger partial charge in [-0.05, 0) is 50.7 Å². The van der Waals surface area contributed by atoms with E-state index in [0.717, 1.165) is 37.1 Å². The Morgan fingerprint density at radius 2 is 2.32 bits per heavy atom. The maximum atomic E-state index is 12.8. The Labute approximate surface area is 133 Å². The van der Waals surface area contributed by atoms with Crippen LogP contribution >= 0.6 is 11.3 Å². The Kier molecular flexibility index (Phi) is 3.48. The molecule has 1 aliphatic carbocycles. The van der Waals surface area contributed by atoms with E-state index >= 15 is 0 Å². The molecule has 0 radical (unpaired) electrons. The molecule has 0 spiro atoms. The SMILES string of the molecule is Cc1noc([C@@H]2CCCN(C(=O)c3cc4c(s3)CCC4)C2)n1. The van der Waals surface area contributed by atoms with Crippen LogP contribution in [0, 0.1) is 6.92 Å². The fourth-order valence-corrected chi connectivity index (χ4v) is 4.65. The number of carbonyl (C=O) groups is 1. The van der Waals surface area contributed by atoms with Crippen LogP contribution in [0.15, 0.2) is 10.6 Å². The number of nitrogens with zero attached hydrogens (tertiary/aromatic N) is 3. The molecule has 2 aromatic rings. The van der Waals surface area contributed by atoms with Gasteiger partial charge in [0.05, 0.1) is 10.8 Å². The van der Waals surface area contributed by atoms with Crippen molar-refractivity contribution in [1.29, 1.82) is 0 Å². The highest BCUT2D eigenvalue weighted by Gasteiger charge is 2.30. The highest BCUT2D eigenvalue weighted by molar-refractivity contribution is 7.14. The Balaban J connectivity index is 1.50. The molecule has 116 valence electrons. The minimum absolute atomic E-state index is 0.167. The van der Waals surface area contributed by atoms with E-state index in [-0.39, 0.29) is 11.8 Å². The number of rotatable bonds is 2. The number of fused-ring (bicyclic) bond motifs is 1. The van der Waals surface area contributed by atoms with Gasteiger partial charge in [0, 0.05) is 18.0 Å². The lowest BCUT2D eigenvalue weighted by Gasteiger charge is -2.30.